The summed E-state index contributed by atoms with van der Waals surface area (Å²) in [6.45, 7) is 13.9. The maximum atomic E-state index is 4.76. The summed E-state index contributed by atoms with van der Waals surface area (Å²) in [4.78, 5) is 4.03. The van der Waals surface area contributed by atoms with Gasteiger partial charge in [-0.25, -0.2) is 0 Å². The molecule has 0 unspecified atom stereocenters. The maximum Gasteiger partial charge on any atom is 0.223 e. The van der Waals surface area contributed by atoms with Crippen molar-refractivity contribution in [2.24, 2.45) is 0 Å². The van der Waals surface area contributed by atoms with E-state index in [1.807, 2.05) is 41.5 Å². The third-order valence-electron chi connectivity index (χ3n) is 1.06. The first-order valence-corrected chi connectivity index (χ1v) is 5.00. The van der Waals surface area contributed by atoms with Crippen molar-refractivity contribution < 1.29 is 4.52 Å². The van der Waals surface area contributed by atoms with Crippen LogP contribution in [-0.2, 0) is 0 Å². The molecule has 0 aliphatic heterocycles. The largest absolute Gasteiger partial charge is 0.340 e. The quantitative estimate of drug-likeness (QED) is 0.673. The van der Waals surface area contributed by atoms with Crippen molar-refractivity contribution in [1.29, 1.82) is 0 Å². The molecule has 0 spiro atoms. The van der Waals surface area contributed by atoms with Crippen LogP contribution >= 0.6 is 0 Å². The number of nitrogens with zero attached hydrogens (tertiary/aromatic N) is 2. The van der Waals surface area contributed by atoms with Crippen LogP contribution < -0.4 is 0 Å². The summed E-state index contributed by atoms with van der Waals surface area (Å²) < 4.78 is 4.76. The molecule has 0 fully saturated rings. The molecule has 1 aromatic rings. The lowest BCUT2D eigenvalue weighted by molar-refractivity contribution is 0.385. The van der Waals surface area contributed by atoms with E-state index in [2.05, 4.69) is 10.1 Å². The van der Waals surface area contributed by atoms with Crippen molar-refractivity contribution in [1.82, 2.24) is 10.1 Å². The molecule has 0 saturated carbocycles. The zero-order chi connectivity index (χ0) is 10.9. The van der Waals surface area contributed by atoms with Crippen molar-refractivity contribution >= 4 is 0 Å². The number of hydrogen-bond acceptors (Lipinski definition) is 3. The van der Waals surface area contributed by atoms with Crippen LogP contribution in [0.1, 0.15) is 59.2 Å². The summed E-state index contributed by atoms with van der Waals surface area (Å²) in [7, 11) is 0. The van der Waals surface area contributed by atoms with Crippen LogP contribution in [-0.4, -0.2) is 10.1 Å². The molecule has 0 bridgehead atoms. The Balaban J connectivity index is 0. The minimum atomic E-state index is 0.363. The molecule has 0 amide bonds. The zero-order valence-corrected chi connectivity index (χ0v) is 9.88. The van der Waals surface area contributed by atoms with Gasteiger partial charge in [0, 0.05) is 12.8 Å². The second-order valence-corrected chi connectivity index (χ2v) is 2.33. The molecule has 1 aromatic heterocycles. The predicted molar refractivity (Wildman–Crippen MR) is 55.8 cm³/mol. The summed E-state index contributed by atoms with van der Waals surface area (Å²) in [6.07, 6.45) is 0. The minimum Gasteiger partial charge on any atom is -0.340 e. The average Bonchev–Trinajstić information content (AvgIpc) is 2.59. The Kier molecular flexibility index (Phi) is 10.4. The fourth-order valence-corrected chi connectivity index (χ4v) is 0.549. The Morgan fingerprint density at radius 1 is 1.08 bits per heavy atom. The Morgan fingerprint density at radius 2 is 1.54 bits per heavy atom. The van der Waals surface area contributed by atoms with Gasteiger partial charge < -0.3 is 4.52 Å². The van der Waals surface area contributed by atoms with E-state index in [-0.39, 0.29) is 0 Å². The smallest absolute Gasteiger partial charge is 0.223 e. The van der Waals surface area contributed by atoms with Crippen LogP contribution in [0, 0.1) is 6.92 Å². The van der Waals surface area contributed by atoms with Gasteiger partial charge in [0.05, 0.1) is 0 Å². The first kappa shape index (κ1) is 14.7. The average molecular weight is 186 g/mol. The highest BCUT2D eigenvalue weighted by molar-refractivity contribution is 4.89. The van der Waals surface area contributed by atoms with Crippen molar-refractivity contribution in [3.05, 3.63) is 11.7 Å². The molecule has 0 saturated heterocycles. The van der Waals surface area contributed by atoms with E-state index in [1.54, 1.807) is 6.92 Å². The zero-order valence-electron chi connectivity index (χ0n) is 9.88. The van der Waals surface area contributed by atoms with Gasteiger partial charge in [0.1, 0.15) is 0 Å². The van der Waals surface area contributed by atoms with Gasteiger partial charge >= 0.3 is 0 Å². The normalized spacial score (nSPS) is 8.31. The summed E-state index contributed by atoms with van der Waals surface area (Å²) >= 11 is 0. The van der Waals surface area contributed by atoms with Crippen LogP contribution in [0.3, 0.4) is 0 Å². The molecular weight excluding hydrogens is 164 g/mol. The molecule has 0 aromatic carbocycles. The predicted octanol–water partition coefficient (Wildman–Crippen LogP) is 3.55. The topological polar surface area (TPSA) is 38.9 Å². The lowest BCUT2D eigenvalue weighted by atomic mass is 10.2. The number of aromatic nitrogens is 2. The lowest BCUT2D eigenvalue weighted by Crippen LogP contribution is -1.88. The van der Waals surface area contributed by atoms with Crippen LogP contribution in [0.25, 0.3) is 0 Å². The Labute approximate surface area is 81.5 Å². The number of rotatable bonds is 1. The van der Waals surface area contributed by atoms with Crippen LogP contribution in [0.4, 0.5) is 0 Å². The van der Waals surface area contributed by atoms with Gasteiger partial charge in [-0.2, -0.15) is 4.98 Å². The molecule has 1 heterocycles. The van der Waals surface area contributed by atoms with E-state index in [0.29, 0.717) is 11.8 Å². The molecule has 0 atom stereocenters. The van der Waals surface area contributed by atoms with E-state index in [9.17, 15) is 0 Å². The molecule has 3 heteroatoms. The Hall–Kier alpha value is -0.860. The molecule has 0 radical (unpaired) electrons. The molecule has 0 aliphatic rings. The highest BCUT2D eigenvalue weighted by Gasteiger charge is 2.04. The molecule has 0 aliphatic carbocycles. The standard InChI is InChI=1S/C6H10N2O.2C2H6/c1-4(2)6-7-5(3)9-8-6;2*1-2/h4H,1-3H3;2*1-2H3. The van der Waals surface area contributed by atoms with Gasteiger partial charge in [-0.1, -0.05) is 46.7 Å². The van der Waals surface area contributed by atoms with Gasteiger partial charge in [-0.3, -0.25) is 0 Å². The summed E-state index contributed by atoms with van der Waals surface area (Å²) in [5, 5.41) is 3.73. The minimum absolute atomic E-state index is 0.363. The van der Waals surface area contributed by atoms with E-state index in [4.69, 9.17) is 4.52 Å². The second-order valence-electron chi connectivity index (χ2n) is 2.33. The van der Waals surface area contributed by atoms with Gasteiger partial charge in [-0.15, -0.1) is 0 Å². The number of aryl methyl sites for hydroxylation is 1. The Bertz CT molecular complexity index is 195. The first-order chi connectivity index (χ1) is 6.20. The van der Waals surface area contributed by atoms with Crippen LogP contribution in [0.5, 0.6) is 0 Å². The molecule has 0 N–H and O–H groups in total. The Morgan fingerprint density at radius 3 is 1.69 bits per heavy atom. The fraction of sp³-hybridized carbons (Fsp3) is 0.800. The van der Waals surface area contributed by atoms with Gasteiger partial charge in [0.15, 0.2) is 5.82 Å². The van der Waals surface area contributed by atoms with E-state index in [0.717, 1.165) is 5.82 Å². The second kappa shape index (κ2) is 9.23. The molecule has 3 nitrogen and oxygen atoms in total. The monoisotopic (exact) mass is 186 g/mol. The SMILES string of the molecule is CC.CC.Cc1nc(C(C)C)no1. The molecule has 1 rings (SSSR count). The molecule has 13 heavy (non-hydrogen) atoms. The van der Waals surface area contributed by atoms with Crippen molar-refractivity contribution in [2.45, 2.75) is 54.4 Å². The van der Waals surface area contributed by atoms with E-state index < -0.39 is 0 Å². The lowest BCUT2D eigenvalue weighted by Gasteiger charge is -1.90. The van der Waals surface area contributed by atoms with Gasteiger partial charge in [0.2, 0.25) is 5.89 Å². The van der Waals surface area contributed by atoms with E-state index >= 15 is 0 Å². The summed E-state index contributed by atoms with van der Waals surface area (Å²) in [5.74, 6) is 1.79. The summed E-state index contributed by atoms with van der Waals surface area (Å²) in [5.41, 5.74) is 0. The third kappa shape index (κ3) is 6.31. The van der Waals surface area contributed by atoms with Crippen molar-refractivity contribution in [3.63, 3.8) is 0 Å². The summed E-state index contributed by atoms with van der Waals surface area (Å²) in [6, 6.07) is 0. The van der Waals surface area contributed by atoms with Gasteiger partial charge in [-0.05, 0) is 0 Å². The van der Waals surface area contributed by atoms with Gasteiger partial charge in [0.25, 0.3) is 0 Å². The highest BCUT2D eigenvalue weighted by atomic mass is 16.5. The first-order valence-electron chi connectivity index (χ1n) is 5.00. The van der Waals surface area contributed by atoms with Crippen molar-refractivity contribution in [3.8, 4) is 0 Å². The van der Waals surface area contributed by atoms with Crippen molar-refractivity contribution in [2.75, 3.05) is 0 Å². The van der Waals surface area contributed by atoms with Crippen LogP contribution in [0.15, 0.2) is 4.52 Å². The number of hydrogen-bond donors (Lipinski definition) is 0. The molecule has 78 valence electrons. The highest BCUT2D eigenvalue weighted by Crippen LogP contribution is 2.07. The van der Waals surface area contributed by atoms with Crippen LogP contribution in [0.2, 0.25) is 0 Å². The molecular formula is C10H22N2O. The third-order valence-corrected chi connectivity index (χ3v) is 1.06. The fourth-order valence-electron chi connectivity index (χ4n) is 0.549. The van der Waals surface area contributed by atoms with E-state index in [1.165, 1.54) is 0 Å². The maximum absolute atomic E-state index is 4.76.